The summed E-state index contributed by atoms with van der Waals surface area (Å²) in [7, 11) is 0. The van der Waals surface area contributed by atoms with Crippen LogP contribution in [0.3, 0.4) is 0 Å². The Bertz CT molecular complexity index is 967. The number of halogens is 3. The second-order valence-corrected chi connectivity index (χ2v) is 16.1. The molecule has 0 radical (unpaired) electrons. The van der Waals surface area contributed by atoms with Gasteiger partial charge in [0.25, 0.3) is 0 Å². The molecule has 3 heteroatoms. The molecule has 0 heterocycles. The molecule has 0 N–H and O–H groups in total. The summed E-state index contributed by atoms with van der Waals surface area (Å²) in [6.07, 6.45) is 0.254. The molecule has 0 amide bonds. The molecule has 43 heavy (non-hydrogen) atoms. The van der Waals surface area contributed by atoms with Gasteiger partial charge in [-0.3, -0.25) is 0 Å². The first-order chi connectivity index (χ1) is 19.4. The second kappa shape index (κ2) is 18.3. The van der Waals surface area contributed by atoms with Crippen molar-refractivity contribution in [3.63, 3.8) is 0 Å². The van der Waals surface area contributed by atoms with Gasteiger partial charge in [-0.1, -0.05) is 167 Å². The first kappa shape index (κ1) is 43.4. The third-order valence-corrected chi connectivity index (χ3v) is 7.30. The van der Waals surface area contributed by atoms with Crippen LogP contribution >= 0.6 is 0 Å². The Hall–Kier alpha value is -1.77. The highest BCUT2D eigenvalue weighted by atomic mass is 19.4. The van der Waals surface area contributed by atoms with Gasteiger partial charge in [0.05, 0.1) is 5.56 Å². The minimum Gasteiger partial charge on any atom is -0.166 e. The number of benzene rings is 2. The van der Waals surface area contributed by atoms with Crippen molar-refractivity contribution >= 4 is 0 Å². The standard InChI is InChI=1S/C20H34.C15H21F3.C3H8.C2H6/c1-18(2,3)14-17(20(7,8)9)15-10-12-16(13-11-15)19(4,5)6;1-5-6-13(14(2,3)4)11-7-9-12(10-8-11)15(16,17)18;1-3-2;1-2/h10-13,17H,14H2,1-9H3;7-10,13H,5-6H2,1-4H3;3H2,1-2H3;1-2H3. The van der Waals surface area contributed by atoms with Gasteiger partial charge in [0.1, 0.15) is 0 Å². The van der Waals surface area contributed by atoms with Gasteiger partial charge in [-0.25, -0.2) is 0 Å². The van der Waals surface area contributed by atoms with Crippen molar-refractivity contribution in [3.8, 4) is 0 Å². The normalized spacial score (nSPS) is 13.8. The first-order valence-electron chi connectivity index (χ1n) is 16.7. The fourth-order valence-corrected chi connectivity index (χ4v) is 5.04. The van der Waals surface area contributed by atoms with Crippen molar-refractivity contribution in [2.24, 2.45) is 16.2 Å². The molecule has 2 rings (SSSR count). The topological polar surface area (TPSA) is 0 Å². The maximum absolute atomic E-state index is 12.5. The fourth-order valence-electron chi connectivity index (χ4n) is 5.04. The molecular formula is C40H69F3. The van der Waals surface area contributed by atoms with E-state index in [1.807, 2.05) is 13.8 Å². The molecule has 0 spiro atoms. The largest absolute Gasteiger partial charge is 0.416 e. The summed E-state index contributed by atoms with van der Waals surface area (Å²) < 4.78 is 37.5. The smallest absolute Gasteiger partial charge is 0.166 e. The average molecular weight is 607 g/mol. The Labute approximate surface area is 266 Å². The second-order valence-electron chi connectivity index (χ2n) is 16.1. The molecule has 0 aliphatic carbocycles. The lowest BCUT2D eigenvalue weighted by Gasteiger charge is -2.36. The summed E-state index contributed by atoms with van der Waals surface area (Å²) in [5.74, 6) is 0.904. The number of hydrogen-bond donors (Lipinski definition) is 0. The van der Waals surface area contributed by atoms with Crippen LogP contribution < -0.4 is 0 Å². The van der Waals surface area contributed by atoms with Crippen LogP contribution in [0.25, 0.3) is 0 Å². The van der Waals surface area contributed by atoms with Crippen molar-refractivity contribution in [2.75, 3.05) is 0 Å². The number of hydrogen-bond acceptors (Lipinski definition) is 0. The van der Waals surface area contributed by atoms with Gasteiger partial charge in [-0.2, -0.15) is 13.2 Å². The Kier molecular flexibility index (Phi) is 18.4. The van der Waals surface area contributed by atoms with Crippen molar-refractivity contribution in [1.82, 2.24) is 0 Å². The van der Waals surface area contributed by atoms with Gasteiger partial charge in [-0.15, -0.1) is 0 Å². The molecular weight excluding hydrogens is 537 g/mol. The molecule has 0 fully saturated rings. The molecule has 0 aromatic heterocycles. The van der Waals surface area contributed by atoms with Crippen molar-refractivity contribution < 1.29 is 13.2 Å². The van der Waals surface area contributed by atoms with Crippen molar-refractivity contribution in [3.05, 3.63) is 70.8 Å². The zero-order valence-electron chi connectivity index (χ0n) is 31.2. The van der Waals surface area contributed by atoms with Gasteiger partial charge >= 0.3 is 6.18 Å². The fraction of sp³-hybridized carbons (Fsp3) is 0.700. The summed E-state index contributed by atoms with van der Waals surface area (Å²) in [5, 5.41) is 0. The molecule has 0 bridgehead atoms. The highest BCUT2D eigenvalue weighted by Gasteiger charge is 2.32. The van der Waals surface area contributed by atoms with E-state index >= 15 is 0 Å². The van der Waals surface area contributed by atoms with E-state index in [-0.39, 0.29) is 10.8 Å². The quantitative estimate of drug-likeness (QED) is 0.318. The van der Waals surface area contributed by atoms with Crippen LogP contribution in [-0.2, 0) is 11.6 Å². The molecule has 0 aliphatic heterocycles. The Balaban J connectivity index is 0. The van der Waals surface area contributed by atoms with E-state index in [9.17, 15) is 13.2 Å². The molecule has 0 aliphatic rings. The molecule has 2 unspecified atom stereocenters. The van der Waals surface area contributed by atoms with Crippen LogP contribution in [-0.4, -0.2) is 0 Å². The molecule has 0 saturated heterocycles. The molecule has 0 nitrogen and oxygen atoms in total. The summed E-state index contributed by atoms with van der Waals surface area (Å²) in [4.78, 5) is 0. The van der Waals surface area contributed by atoms with Crippen LogP contribution in [0.2, 0.25) is 0 Å². The highest BCUT2D eigenvalue weighted by molar-refractivity contribution is 5.31. The van der Waals surface area contributed by atoms with E-state index < -0.39 is 11.7 Å². The van der Waals surface area contributed by atoms with Gasteiger partial charge in [-0.05, 0) is 75.2 Å². The van der Waals surface area contributed by atoms with Crippen LogP contribution in [0, 0.1) is 16.2 Å². The van der Waals surface area contributed by atoms with Crippen LogP contribution in [0.15, 0.2) is 48.5 Å². The van der Waals surface area contributed by atoms with Gasteiger partial charge in [0, 0.05) is 0 Å². The summed E-state index contributed by atoms with van der Waals surface area (Å²) in [5.41, 5.74) is 4.30. The Morgan fingerprint density at radius 1 is 0.535 bits per heavy atom. The Morgan fingerprint density at radius 3 is 1.12 bits per heavy atom. The third-order valence-electron chi connectivity index (χ3n) is 7.30. The van der Waals surface area contributed by atoms with E-state index in [0.29, 0.717) is 22.7 Å². The molecule has 250 valence electrons. The SMILES string of the molecule is CC.CC(C)(C)CC(c1ccc(C(C)(C)C)cc1)C(C)(C)C.CCC.CCCC(c1ccc(C(F)(F)F)cc1)C(C)(C)C. The van der Waals surface area contributed by atoms with Crippen molar-refractivity contribution in [2.45, 2.75) is 167 Å². The first-order valence-corrected chi connectivity index (χ1v) is 16.7. The number of rotatable bonds is 5. The maximum Gasteiger partial charge on any atom is 0.416 e. The summed E-state index contributed by atoms with van der Waals surface area (Å²) in [6.45, 7) is 37.7. The summed E-state index contributed by atoms with van der Waals surface area (Å²) in [6, 6.07) is 14.9. The lowest BCUT2D eigenvalue weighted by atomic mass is 9.69. The van der Waals surface area contributed by atoms with Crippen LogP contribution in [0.1, 0.15) is 177 Å². The lowest BCUT2D eigenvalue weighted by Crippen LogP contribution is -2.24. The van der Waals surface area contributed by atoms with E-state index in [1.165, 1.54) is 36.1 Å². The third kappa shape index (κ3) is 17.3. The van der Waals surface area contributed by atoms with E-state index in [2.05, 4.69) is 128 Å². The van der Waals surface area contributed by atoms with Gasteiger partial charge in [0.15, 0.2) is 0 Å². The van der Waals surface area contributed by atoms with Crippen molar-refractivity contribution in [1.29, 1.82) is 0 Å². The van der Waals surface area contributed by atoms with Crippen LogP contribution in [0.5, 0.6) is 0 Å². The summed E-state index contributed by atoms with van der Waals surface area (Å²) >= 11 is 0. The minimum atomic E-state index is -4.25. The molecule has 2 atom stereocenters. The number of alkyl halides is 3. The van der Waals surface area contributed by atoms with Gasteiger partial charge < -0.3 is 0 Å². The monoisotopic (exact) mass is 607 g/mol. The highest BCUT2D eigenvalue weighted by Crippen LogP contribution is 2.43. The van der Waals surface area contributed by atoms with Gasteiger partial charge in [0.2, 0.25) is 0 Å². The molecule has 2 aromatic rings. The predicted octanol–water partition coefficient (Wildman–Crippen LogP) is 14.6. The zero-order chi connectivity index (χ0) is 34.4. The average Bonchev–Trinajstić information content (AvgIpc) is 2.85. The zero-order valence-corrected chi connectivity index (χ0v) is 31.2. The van der Waals surface area contributed by atoms with E-state index in [0.717, 1.165) is 18.4 Å². The minimum absolute atomic E-state index is 0.0652. The predicted molar refractivity (Wildman–Crippen MR) is 187 cm³/mol. The lowest BCUT2D eigenvalue weighted by molar-refractivity contribution is -0.137. The molecule has 2 aromatic carbocycles. The van der Waals surface area contributed by atoms with E-state index in [1.54, 1.807) is 12.1 Å². The molecule has 0 saturated carbocycles. The Morgan fingerprint density at radius 2 is 0.860 bits per heavy atom. The maximum atomic E-state index is 12.5. The van der Waals surface area contributed by atoms with Crippen LogP contribution in [0.4, 0.5) is 13.2 Å². The van der Waals surface area contributed by atoms with E-state index in [4.69, 9.17) is 0 Å².